The van der Waals surface area contributed by atoms with Crippen molar-refractivity contribution in [3.63, 3.8) is 0 Å². The standard InChI is InChI=1S/C23H26N8O2/c1-22(2)18-13(19(32)29-22)3-4-16(27-18)26-17-11-15(24)14(12-25-17)20-28-21(30-33-20)23-5-8-31(9-6-23)10-7-23/h3-4,11-12H,5-10H2,1-2H3,(H,29,32)(H3,24,25,26,27). The van der Waals surface area contributed by atoms with Crippen LogP contribution in [0.3, 0.4) is 0 Å². The van der Waals surface area contributed by atoms with Crippen LogP contribution in [0.1, 0.15) is 55.0 Å². The number of piperidine rings is 3. The van der Waals surface area contributed by atoms with Crippen molar-refractivity contribution in [1.82, 2.24) is 30.3 Å². The molecule has 0 radical (unpaired) electrons. The van der Waals surface area contributed by atoms with Crippen LogP contribution in [-0.2, 0) is 11.0 Å². The maximum atomic E-state index is 12.1. The molecule has 4 aliphatic heterocycles. The van der Waals surface area contributed by atoms with Crippen LogP contribution in [0, 0.1) is 0 Å². The zero-order chi connectivity index (χ0) is 22.8. The molecule has 0 saturated carbocycles. The van der Waals surface area contributed by atoms with Crippen molar-refractivity contribution in [3.05, 3.63) is 41.5 Å². The molecule has 0 aromatic carbocycles. The monoisotopic (exact) mass is 446 g/mol. The lowest BCUT2D eigenvalue weighted by Gasteiger charge is -2.46. The molecule has 3 aromatic rings. The smallest absolute Gasteiger partial charge is 0.261 e. The summed E-state index contributed by atoms with van der Waals surface area (Å²) in [6, 6.07) is 5.24. The van der Waals surface area contributed by atoms with Gasteiger partial charge in [-0.1, -0.05) is 5.16 Å². The molecule has 2 bridgehead atoms. The van der Waals surface area contributed by atoms with Crippen LogP contribution in [0.5, 0.6) is 0 Å². The number of aromatic nitrogens is 4. The average molecular weight is 447 g/mol. The van der Waals surface area contributed by atoms with Crippen LogP contribution in [0.4, 0.5) is 17.3 Å². The van der Waals surface area contributed by atoms with Crippen molar-refractivity contribution in [2.75, 3.05) is 30.7 Å². The van der Waals surface area contributed by atoms with Crippen molar-refractivity contribution in [3.8, 4) is 11.5 Å². The molecule has 0 spiro atoms. The Hall–Kier alpha value is -3.53. The quantitative estimate of drug-likeness (QED) is 0.552. The Balaban J connectivity index is 1.24. The lowest BCUT2D eigenvalue weighted by molar-refractivity contribution is 0.0747. The largest absolute Gasteiger partial charge is 0.398 e. The Kier molecular flexibility index (Phi) is 4.25. The summed E-state index contributed by atoms with van der Waals surface area (Å²) < 4.78 is 5.60. The molecule has 4 aliphatic rings. The summed E-state index contributed by atoms with van der Waals surface area (Å²) in [5.41, 5.74) is 8.21. The number of nitrogens with one attached hydrogen (secondary N) is 2. The maximum absolute atomic E-state index is 12.1. The van der Waals surface area contributed by atoms with Gasteiger partial charge in [-0.05, 0) is 64.9 Å². The van der Waals surface area contributed by atoms with Gasteiger partial charge in [0.15, 0.2) is 5.82 Å². The predicted octanol–water partition coefficient (Wildman–Crippen LogP) is 2.57. The molecular weight excluding hydrogens is 420 g/mol. The lowest BCUT2D eigenvalue weighted by atomic mass is 9.71. The van der Waals surface area contributed by atoms with Gasteiger partial charge in [-0.25, -0.2) is 9.97 Å². The fourth-order valence-electron chi connectivity index (χ4n) is 5.16. The summed E-state index contributed by atoms with van der Waals surface area (Å²) in [6.45, 7) is 7.12. The number of nitrogen functional groups attached to an aromatic ring is 1. The number of carbonyl (C=O) groups excluding carboxylic acids is 1. The highest BCUT2D eigenvalue weighted by Gasteiger charge is 2.44. The van der Waals surface area contributed by atoms with Crippen LogP contribution < -0.4 is 16.4 Å². The zero-order valence-electron chi connectivity index (χ0n) is 18.7. The molecule has 0 aliphatic carbocycles. The Bertz CT molecular complexity index is 1250. The SMILES string of the molecule is CC1(C)NC(=O)c2ccc(Nc3cc(N)c(-c4nc(C56CCN(CC5)CC6)no4)cn3)nc21. The minimum atomic E-state index is -0.523. The fourth-order valence-corrected chi connectivity index (χ4v) is 5.16. The normalized spacial score (nSPS) is 25.0. The molecule has 4 N–H and O–H groups in total. The minimum absolute atomic E-state index is 0.0173. The molecule has 7 heterocycles. The number of hydrogen-bond acceptors (Lipinski definition) is 9. The second-order valence-electron chi connectivity index (χ2n) is 9.75. The first kappa shape index (κ1) is 20.1. The van der Waals surface area contributed by atoms with Gasteiger partial charge in [-0.3, -0.25) is 4.79 Å². The second kappa shape index (κ2) is 6.98. The Labute approximate surface area is 191 Å². The van der Waals surface area contributed by atoms with Gasteiger partial charge in [0, 0.05) is 23.4 Å². The highest BCUT2D eigenvalue weighted by Crippen LogP contribution is 2.42. The van der Waals surface area contributed by atoms with E-state index < -0.39 is 5.54 Å². The van der Waals surface area contributed by atoms with E-state index >= 15 is 0 Å². The number of anilines is 3. The van der Waals surface area contributed by atoms with Gasteiger partial charge in [0.2, 0.25) is 0 Å². The number of amides is 1. The highest BCUT2D eigenvalue weighted by molar-refractivity contribution is 5.99. The van der Waals surface area contributed by atoms with E-state index in [1.165, 1.54) is 0 Å². The third-order valence-electron chi connectivity index (χ3n) is 7.20. The van der Waals surface area contributed by atoms with Gasteiger partial charge in [-0.15, -0.1) is 0 Å². The summed E-state index contributed by atoms with van der Waals surface area (Å²) >= 11 is 0. The van der Waals surface area contributed by atoms with Gasteiger partial charge in [-0.2, -0.15) is 4.98 Å². The lowest BCUT2D eigenvalue weighted by Crippen LogP contribution is -2.51. The van der Waals surface area contributed by atoms with Crippen molar-refractivity contribution in [2.24, 2.45) is 0 Å². The van der Waals surface area contributed by atoms with Crippen molar-refractivity contribution in [1.29, 1.82) is 0 Å². The van der Waals surface area contributed by atoms with E-state index in [1.807, 2.05) is 13.8 Å². The first-order valence-corrected chi connectivity index (χ1v) is 11.3. The number of nitrogens with zero attached hydrogens (tertiary/aromatic N) is 5. The van der Waals surface area contributed by atoms with Crippen LogP contribution >= 0.6 is 0 Å². The molecule has 0 atom stereocenters. The van der Waals surface area contributed by atoms with E-state index in [-0.39, 0.29) is 11.3 Å². The molecule has 7 rings (SSSR count). The van der Waals surface area contributed by atoms with Gasteiger partial charge in [0.1, 0.15) is 11.6 Å². The first-order valence-electron chi connectivity index (χ1n) is 11.3. The molecule has 3 fully saturated rings. The van der Waals surface area contributed by atoms with Crippen molar-refractivity contribution < 1.29 is 9.32 Å². The number of nitrogens with two attached hydrogens (primary N) is 1. The van der Waals surface area contributed by atoms with Crippen LogP contribution in [0.2, 0.25) is 0 Å². The summed E-state index contributed by atoms with van der Waals surface area (Å²) in [4.78, 5) is 28.4. The molecule has 10 nitrogen and oxygen atoms in total. The summed E-state index contributed by atoms with van der Waals surface area (Å²) in [5.74, 6) is 2.19. The number of fused-ring (bicyclic) bond motifs is 4. The predicted molar refractivity (Wildman–Crippen MR) is 122 cm³/mol. The summed E-state index contributed by atoms with van der Waals surface area (Å²) in [5, 5.41) is 10.4. The molecular formula is C23H26N8O2. The summed E-state index contributed by atoms with van der Waals surface area (Å²) in [6.07, 6.45) is 4.83. The Morgan fingerprint density at radius 2 is 1.85 bits per heavy atom. The average Bonchev–Trinajstić information content (AvgIpc) is 3.39. The molecule has 10 heteroatoms. The molecule has 0 unspecified atom stereocenters. The van der Waals surface area contributed by atoms with E-state index in [1.54, 1.807) is 24.4 Å². The third-order valence-corrected chi connectivity index (χ3v) is 7.20. The van der Waals surface area contributed by atoms with E-state index in [0.717, 1.165) is 44.7 Å². The Morgan fingerprint density at radius 3 is 2.58 bits per heavy atom. The summed E-state index contributed by atoms with van der Waals surface area (Å²) in [7, 11) is 0. The Morgan fingerprint density at radius 1 is 1.09 bits per heavy atom. The number of rotatable bonds is 4. The van der Waals surface area contributed by atoms with E-state index in [9.17, 15) is 4.79 Å². The topological polar surface area (TPSA) is 135 Å². The molecule has 170 valence electrons. The molecule has 3 saturated heterocycles. The van der Waals surface area contributed by atoms with E-state index in [0.29, 0.717) is 40.0 Å². The number of pyridine rings is 2. The van der Waals surface area contributed by atoms with Crippen LogP contribution in [0.15, 0.2) is 28.9 Å². The van der Waals surface area contributed by atoms with Gasteiger partial charge < -0.3 is 25.8 Å². The first-order chi connectivity index (χ1) is 15.8. The van der Waals surface area contributed by atoms with Crippen molar-refractivity contribution >= 4 is 23.2 Å². The number of hydrogen-bond donors (Lipinski definition) is 3. The number of carbonyl (C=O) groups is 1. The van der Waals surface area contributed by atoms with Crippen molar-refractivity contribution in [2.45, 2.75) is 44.1 Å². The molecule has 3 aromatic heterocycles. The zero-order valence-corrected chi connectivity index (χ0v) is 18.7. The second-order valence-corrected chi connectivity index (χ2v) is 9.75. The van der Waals surface area contributed by atoms with E-state index in [2.05, 4.69) is 30.7 Å². The minimum Gasteiger partial charge on any atom is -0.398 e. The fraction of sp³-hybridized carbons (Fsp3) is 0.435. The molecule has 33 heavy (non-hydrogen) atoms. The van der Waals surface area contributed by atoms with Crippen LogP contribution in [-0.4, -0.2) is 50.5 Å². The van der Waals surface area contributed by atoms with Crippen LogP contribution in [0.25, 0.3) is 11.5 Å². The van der Waals surface area contributed by atoms with Gasteiger partial charge in [0.05, 0.1) is 22.4 Å². The van der Waals surface area contributed by atoms with Gasteiger partial charge >= 0.3 is 0 Å². The van der Waals surface area contributed by atoms with Gasteiger partial charge in [0.25, 0.3) is 11.8 Å². The van der Waals surface area contributed by atoms with E-state index in [4.69, 9.17) is 15.2 Å². The highest BCUT2D eigenvalue weighted by atomic mass is 16.5. The molecule has 1 amide bonds. The maximum Gasteiger partial charge on any atom is 0.261 e. The third kappa shape index (κ3) is 3.24.